The molecule has 0 amide bonds. The number of hydrogen-bond acceptors (Lipinski definition) is 3. The van der Waals surface area contributed by atoms with E-state index in [0.29, 0.717) is 11.6 Å². The first-order valence-electron chi connectivity index (χ1n) is 6.62. The molecule has 0 unspecified atom stereocenters. The molecule has 21 heavy (non-hydrogen) atoms. The lowest BCUT2D eigenvalue weighted by Crippen LogP contribution is -2.23. The van der Waals surface area contributed by atoms with Crippen molar-refractivity contribution in [2.75, 3.05) is 0 Å². The van der Waals surface area contributed by atoms with E-state index in [1.807, 2.05) is 18.2 Å². The summed E-state index contributed by atoms with van der Waals surface area (Å²) < 4.78 is 27.3. The highest BCUT2D eigenvalue weighted by molar-refractivity contribution is 7.89. The molecule has 0 aromatic heterocycles. The SMILES string of the molecule is O=S(=O)(NCc1ccccc1Cl)c1ccc2c(c1)CNC2. The normalized spacial score (nSPS) is 14.1. The molecule has 2 aromatic carbocycles. The zero-order valence-corrected chi connectivity index (χ0v) is 12.8. The highest BCUT2D eigenvalue weighted by Crippen LogP contribution is 2.21. The molecule has 1 heterocycles. The van der Waals surface area contributed by atoms with Gasteiger partial charge in [-0.2, -0.15) is 0 Å². The highest BCUT2D eigenvalue weighted by Gasteiger charge is 2.18. The van der Waals surface area contributed by atoms with Crippen LogP contribution in [0.15, 0.2) is 47.4 Å². The maximum Gasteiger partial charge on any atom is 0.240 e. The molecule has 3 rings (SSSR count). The van der Waals surface area contributed by atoms with Gasteiger partial charge in [-0.25, -0.2) is 13.1 Å². The molecule has 6 heteroatoms. The van der Waals surface area contributed by atoms with Gasteiger partial charge in [0.05, 0.1) is 4.90 Å². The second kappa shape index (κ2) is 5.77. The van der Waals surface area contributed by atoms with Gasteiger partial charge in [-0.15, -0.1) is 0 Å². The molecule has 0 saturated heterocycles. The smallest absolute Gasteiger partial charge is 0.240 e. The van der Waals surface area contributed by atoms with Crippen molar-refractivity contribution in [1.29, 1.82) is 0 Å². The van der Waals surface area contributed by atoms with Crippen LogP contribution in [-0.2, 0) is 29.7 Å². The third-order valence-electron chi connectivity index (χ3n) is 3.53. The van der Waals surface area contributed by atoms with Gasteiger partial charge in [0.25, 0.3) is 0 Å². The zero-order valence-electron chi connectivity index (χ0n) is 11.3. The Balaban J connectivity index is 1.80. The average molecular weight is 323 g/mol. The summed E-state index contributed by atoms with van der Waals surface area (Å²) >= 11 is 6.03. The third kappa shape index (κ3) is 3.11. The first-order valence-corrected chi connectivity index (χ1v) is 8.48. The van der Waals surface area contributed by atoms with E-state index in [4.69, 9.17) is 11.6 Å². The Bertz CT molecular complexity index is 775. The quantitative estimate of drug-likeness (QED) is 0.909. The molecular weight excluding hydrogens is 308 g/mol. The molecule has 0 fully saturated rings. The number of fused-ring (bicyclic) bond motifs is 1. The number of benzene rings is 2. The number of sulfonamides is 1. The Labute approximate surface area is 129 Å². The Morgan fingerprint density at radius 2 is 1.86 bits per heavy atom. The molecule has 0 atom stereocenters. The maximum absolute atomic E-state index is 12.3. The zero-order chi connectivity index (χ0) is 14.9. The van der Waals surface area contributed by atoms with Crippen molar-refractivity contribution in [3.63, 3.8) is 0 Å². The minimum absolute atomic E-state index is 0.178. The fourth-order valence-electron chi connectivity index (χ4n) is 2.34. The van der Waals surface area contributed by atoms with Crippen LogP contribution in [0.5, 0.6) is 0 Å². The predicted molar refractivity (Wildman–Crippen MR) is 82.5 cm³/mol. The summed E-state index contributed by atoms with van der Waals surface area (Å²) in [4.78, 5) is 0.289. The van der Waals surface area contributed by atoms with Gasteiger partial charge >= 0.3 is 0 Å². The van der Waals surface area contributed by atoms with Gasteiger partial charge in [0.2, 0.25) is 10.0 Å². The maximum atomic E-state index is 12.3. The van der Waals surface area contributed by atoms with E-state index in [-0.39, 0.29) is 11.4 Å². The summed E-state index contributed by atoms with van der Waals surface area (Å²) in [5.41, 5.74) is 2.95. The van der Waals surface area contributed by atoms with E-state index in [9.17, 15) is 8.42 Å². The summed E-state index contributed by atoms with van der Waals surface area (Å²) in [7, 11) is -3.53. The van der Waals surface area contributed by atoms with Crippen molar-refractivity contribution in [3.05, 3.63) is 64.2 Å². The van der Waals surface area contributed by atoms with Crippen LogP contribution >= 0.6 is 11.6 Å². The molecule has 0 aliphatic carbocycles. The van der Waals surface area contributed by atoms with Gasteiger partial charge in [0.15, 0.2) is 0 Å². The Morgan fingerprint density at radius 3 is 2.67 bits per heavy atom. The van der Waals surface area contributed by atoms with Gasteiger partial charge in [-0.1, -0.05) is 35.9 Å². The topological polar surface area (TPSA) is 58.2 Å². The van der Waals surface area contributed by atoms with Crippen molar-refractivity contribution in [3.8, 4) is 0 Å². The summed E-state index contributed by atoms with van der Waals surface area (Å²) in [5, 5.41) is 3.75. The van der Waals surface area contributed by atoms with Gasteiger partial charge in [-0.05, 0) is 34.9 Å². The lowest BCUT2D eigenvalue weighted by molar-refractivity contribution is 0.581. The number of nitrogens with one attached hydrogen (secondary N) is 2. The molecule has 0 saturated carbocycles. The summed E-state index contributed by atoms with van der Waals surface area (Å²) in [6.07, 6.45) is 0. The first kappa shape index (κ1) is 14.5. The lowest BCUT2D eigenvalue weighted by atomic mass is 10.1. The monoisotopic (exact) mass is 322 g/mol. The Hall–Kier alpha value is -1.40. The van der Waals surface area contributed by atoms with E-state index in [2.05, 4.69) is 10.0 Å². The number of hydrogen-bond donors (Lipinski definition) is 2. The van der Waals surface area contributed by atoms with Gasteiger partial charge < -0.3 is 5.32 Å². The molecule has 1 aliphatic heterocycles. The van der Waals surface area contributed by atoms with Gasteiger partial charge in [0, 0.05) is 24.7 Å². The fraction of sp³-hybridized carbons (Fsp3) is 0.200. The van der Waals surface area contributed by atoms with Crippen LogP contribution in [0.4, 0.5) is 0 Å². The minimum atomic E-state index is -3.53. The van der Waals surface area contributed by atoms with Crippen molar-refractivity contribution in [2.45, 2.75) is 24.5 Å². The molecule has 0 radical (unpaired) electrons. The van der Waals surface area contributed by atoms with Gasteiger partial charge in [-0.3, -0.25) is 0 Å². The van der Waals surface area contributed by atoms with Crippen molar-refractivity contribution >= 4 is 21.6 Å². The van der Waals surface area contributed by atoms with Gasteiger partial charge in [0.1, 0.15) is 0 Å². The van der Waals surface area contributed by atoms with E-state index in [1.54, 1.807) is 24.3 Å². The Kier molecular flexibility index (Phi) is 3.99. The molecule has 0 bridgehead atoms. The van der Waals surface area contributed by atoms with Crippen molar-refractivity contribution in [1.82, 2.24) is 10.0 Å². The van der Waals surface area contributed by atoms with Crippen LogP contribution in [0, 0.1) is 0 Å². The third-order valence-corrected chi connectivity index (χ3v) is 5.30. The van der Waals surface area contributed by atoms with Crippen LogP contribution < -0.4 is 10.0 Å². The number of rotatable bonds is 4. The van der Waals surface area contributed by atoms with Crippen LogP contribution in [0.2, 0.25) is 5.02 Å². The Morgan fingerprint density at radius 1 is 1.10 bits per heavy atom. The summed E-state index contributed by atoms with van der Waals surface area (Å²) in [6.45, 7) is 1.68. The molecule has 0 spiro atoms. The largest absolute Gasteiger partial charge is 0.309 e. The molecule has 2 N–H and O–H groups in total. The molecule has 2 aromatic rings. The lowest BCUT2D eigenvalue weighted by Gasteiger charge is -2.09. The summed E-state index contributed by atoms with van der Waals surface area (Å²) in [6, 6.07) is 12.4. The standard InChI is InChI=1S/C15H15ClN2O2S/c16-15-4-2-1-3-12(15)10-18-21(19,20)14-6-5-11-8-17-9-13(11)7-14/h1-7,17-18H,8-10H2. The van der Waals surface area contributed by atoms with Crippen LogP contribution in [0.1, 0.15) is 16.7 Å². The average Bonchev–Trinajstić information content (AvgIpc) is 2.94. The fourth-order valence-corrected chi connectivity index (χ4v) is 3.60. The van der Waals surface area contributed by atoms with E-state index in [0.717, 1.165) is 23.2 Å². The van der Waals surface area contributed by atoms with E-state index >= 15 is 0 Å². The second-order valence-electron chi connectivity index (χ2n) is 4.95. The van der Waals surface area contributed by atoms with Crippen molar-refractivity contribution < 1.29 is 8.42 Å². The van der Waals surface area contributed by atoms with Crippen molar-refractivity contribution in [2.24, 2.45) is 0 Å². The van der Waals surface area contributed by atoms with Crippen LogP contribution in [-0.4, -0.2) is 8.42 Å². The minimum Gasteiger partial charge on any atom is -0.309 e. The van der Waals surface area contributed by atoms with E-state index < -0.39 is 10.0 Å². The molecule has 1 aliphatic rings. The number of halogens is 1. The first-order chi connectivity index (χ1) is 10.1. The molecule has 4 nitrogen and oxygen atoms in total. The second-order valence-corrected chi connectivity index (χ2v) is 7.12. The molecular formula is C15H15ClN2O2S. The summed E-state index contributed by atoms with van der Waals surface area (Å²) in [5.74, 6) is 0. The highest BCUT2D eigenvalue weighted by atomic mass is 35.5. The predicted octanol–water partition coefficient (Wildman–Crippen LogP) is 2.42. The van der Waals surface area contributed by atoms with E-state index in [1.165, 1.54) is 0 Å². The van der Waals surface area contributed by atoms with Crippen LogP contribution in [0.25, 0.3) is 0 Å². The van der Waals surface area contributed by atoms with Crippen LogP contribution in [0.3, 0.4) is 0 Å². The molecule has 110 valence electrons.